The molecule has 3 rings (SSSR count). The van der Waals surface area contributed by atoms with Crippen molar-refractivity contribution in [1.82, 2.24) is 9.62 Å². The predicted molar refractivity (Wildman–Crippen MR) is 126 cm³/mol. The molecule has 0 fully saturated rings. The monoisotopic (exact) mass is 460 g/mol. The second kappa shape index (κ2) is 11.2. The summed E-state index contributed by atoms with van der Waals surface area (Å²) in [6, 6.07) is 10.3. The molecule has 2 aromatic rings. The molecule has 0 atom stereocenters. The minimum atomic E-state index is -3.75. The maximum atomic E-state index is 12.8. The van der Waals surface area contributed by atoms with E-state index in [1.54, 1.807) is 29.5 Å². The van der Waals surface area contributed by atoms with Gasteiger partial charge in [0.05, 0.1) is 11.4 Å². The van der Waals surface area contributed by atoms with Crippen molar-refractivity contribution < 1.29 is 13.2 Å². The fourth-order valence-electron chi connectivity index (χ4n) is 3.31. The van der Waals surface area contributed by atoms with E-state index in [1.165, 1.54) is 12.1 Å². The molecule has 1 aliphatic heterocycles. The van der Waals surface area contributed by atoms with Gasteiger partial charge in [-0.2, -0.15) is 0 Å². The number of nitrogens with one attached hydrogen (secondary N) is 2. The first-order valence-electron chi connectivity index (χ1n) is 10.3. The molecule has 166 valence electrons. The standard InChI is InChI=1S/C22H28N4O3S2/c1-2-13-26(16-19-9-7-14-30-19)17-22(27)24-18-8-6-10-20(15-18)31(28,29)25-21-11-4-3-5-12-23-21/h2,6-10,14-15H,1,3-5,11-13,16-17H2,(H,23,25)(H,24,27). The molecule has 1 aromatic heterocycles. The maximum absolute atomic E-state index is 12.8. The Kier molecular flexibility index (Phi) is 8.39. The van der Waals surface area contributed by atoms with Crippen molar-refractivity contribution in [2.45, 2.75) is 37.1 Å². The number of thiophene rings is 1. The highest BCUT2D eigenvalue weighted by atomic mass is 32.2. The normalized spacial score (nSPS) is 14.5. The molecular formula is C22H28N4O3S2. The fraction of sp³-hybridized carbons (Fsp3) is 0.364. The van der Waals surface area contributed by atoms with Gasteiger partial charge in [0.15, 0.2) is 0 Å². The zero-order valence-electron chi connectivity index (χ0n) is 17.4. The lowest BCUT2D eigenvalue weighted by molar-refractivity contribution is -0.117. The summed E-state index contributed by atoms with van der Waals surface area (Å²) in [6.45, 7) is 5.80. The summed E-state index contributed by atoms with van der Waals surface area (Å²) in [5, 5.41) is 4.80. The number of hydrogen-bond acceptors (Lipinski definition) is 6. The number of benzene rings is 1. The van der Waals surface area contributed by atoms with Gasteiger partial charge in [0, 0.05) is 36.6 Å². The van der Waals surface area contributed by atoms with Crippen molar-refractivity contribution in [3.63, 3.8) is 0 Å². The Hall–Kier alpha value is -2.49. The lowest BCUT2D eigenvalue weighted by Crippen LogP contribution is -2.33. The molecule has 0 spiro atoms. The van der Waals surface area contributed by atoms with E-state index in [0.29, 0.717) is 37.6 Å². The third kappa shape index (κ3) is 7.30. The molecule has 0 saturated heterocycles. The molecule has 1 amide bonds. The third-order valence-corrected chi connectivity index (χ3v) is 7.01. The number of carbonyl (C=O) groups excluding carboxylic acids is 1. The van der Waals surface area contributed by atoms with E-state index in [9.17, 15) is 13.2 Å². The van der Waals surface area contributed by atoms with Crippen molar-refractivity contribution in [2.75, 3.05) is 25.0 Å². The summed E-state index contributed by atoms with van der Waals surface area (Å²) in [5.74, 6) is 0.287. The Bertz CT molecular complexity index is 1020. The van der Waals surface area contributed by atoms with Gasteiger partial charge in [-0.3, -0.25) is 19.4 Å². The SMILES string of the molecule is C=CCN(CC(=O)Nc1cccc(S(=O)(=O)NC2=NCCCCC2)c1)Cc1cccs1. The summed E-state index contributed by atoms with van der Waals surface area (Å²) in [7, 11) is -3.75. The van der Waals surface area contributed by atoms with Crippen LogP contribution in [-0.4, -0.2) is 44.7 Å². The van der Waals surface area contributed by atoms with Crippen LogP contribution >= 0.6 is 11.3 Å². The fourth-order valence-corrected chi connectivity index (χ4v) is 5.19. The van der Waals surface area contributed by atoms with Crippen LogP contribution in [0.3, 0.4) is 0 Å². The van der Waals surface area contributed by atoms with Gasteiger partial charge in [0.2, 0.25) is 5.91 Å². The molecular weight excluding hydrogens is 432 g/mol. The summed E-state index contributed by atoms with van der Waals surface area (Å²) < 4.78 is 28.1. The number of sulfonamides is 1. The van der Waals surface area contributed by atoms with Crippen molar-refractivity contribution in [3.05, 3.63) is 59.3 Å². The molecule has 7 nitrogen and oxygen atoms in total. The number of carbonyl (C=O) groups is 1. The molecule has 0 bridgehead atoms. The van der Waals surface area contributed by atoms with Crippen LogP contribution in [-0.2, 0) is 21.4 Å². The van der Waals surface area contributed by atoms with Crippen molar-refractivity contribution >= 4 is 38.8 Å². The van der Waals surface area contributed by atoms with Gasteiger partial charge in [-0.15, -0.1) is 17.9 Å². The van der Waals surface area contributed by atoms with Crippen LogP contribution in [0.25, 0.3) is 0 Å². The Morgan fingerprint density at radius 3 is 2.87 bits per heavy atom. The summed E-state index contributed by atoms with van der Waals surface area (Å²) >= 11 is 1.64. The Balaban J connectivity index is 1.64. The minimum absolute atomic E-state index is 0.0961. The summed E-state index contributed by atoms with van der Waals surface area (Å²) in [6.07, 6.45) is 5.33. The Labute approximate surface area is 187 Å². The number of aliphatic imine (C=N–C) groups is 1. The molecule has 9 heteroatoms. The smallest absolute Gasteiger partial charge is 0.262 e. The first-order chi connectivity index (χ1) is 15.0. The molecule has 1 aromatic carbocycles. The van der Waals surface area contributed by atoms with E-state index in [0.717, 1.165) is 24.1 Å². The van der Waals surface area contributed by atoms with Gasteiger partial charge in [-0.25, -0.2) is 8.42 Å². The molecule has 1 aliphatic rings. The molecule has 0 aliphatic carbocycles. The van der Waals surface area contributed by atoms with E-state index in [4.69, 9.17) is 0 Å². The molecule has 0 saturated carbocycles. The first-order valence-corrected chi connectivity index (χ1v) is 12.6. The van der Waals surface area contributed by atoms with Crippen LogP contribution in [0.1, 0.15) is 30.6 Å². The van der Waals surface area contributed by atoms with Gasteiger partial charge in [0.25, 0.3) is 10.0 Å². The number of rotatable bonds is 9. The second-order valence-corrected chi connectivity index (χ2v) is 10.1. The van der Waals surface area contributed by atoms with Crippen LogP contribution in [0.4, 0.5) is 5.69 Å². The summed E-state index contributed by atoms with van der Waals surface area (Å²) in [4.78, 5) is 20.1. The number of anilines is 1. The lowest BCUT2D eigenvalue weighted by atomic mass is 10.2. The number of amides is 1. The average Bonchev–Trinajstić information content (AvgIpc) is 3.10. The minimum Gasteiger partial charge on any atom is -0.325 e. The molecule has 2 heterocycles. The van der Waals surface area contributed by atoms with E-state index in [1.807, 2.05) is 22.4 Å². The highest BCUT2D eigenvalue weighted by Gasteiger charge is 2.18. The highest BCUT2D eigenvalue weighted by molar-refractivity contribution is 7.90. The second-order valence-electron chi connectivity index (χ2n) is 7.36. The van der Waals surface area contributed by atoms with Crippen LogP contribution in [0.5, 0.6) is 0 Å². The van der Waals surface area contributed by atoms with Crippen LogP contribution in [0, 0.1) is 0 Å². The van der Waals surface area contributed by atoms with E-state index in [-0.39, 0.29) is 17.3 Å². The van der Waals surface area contributed by atoms with Gasteiger partial charge >= 0.3 is 0 Å². The molecule has 31 heavy (non-hydrogen) atoms. The van der Waals surface area contributed by atoms with Gasteiger partial charge < -0.3 is 5.32 Å². The largest absolute Gasteiger partial charge is 0.325 e. The maximum Gasteiger partial charge on any atom is 0.262 e. The average molecular weight is 461 g/mol. The zero-order chi connectivity index (χ0) is 22.1. The van der Waals surface area contributed by atoms with Crippen LogP contribution in [0.2, 0.25) is 0 Å². The highest BCUT2D eigenvalue weighted by Crippen LogP contribution is 2.17. The quantitative estimate of drug-likeness (QED) is 0.559. The Morgan fingerprint density at radius 1 is 1.23 bits per heavy atom. The van der Waals surface area contributed by atoms with Crippen LogP contribution in [0.15, 0.2) is 64.3 Å². The van der Waals surface area contributed by atoms with Crippen LogP contribution < -0.4 is 10.0 Å². The molecule has 0 radical (unpaired) electrons. The van der Waals surface area contributed by atoms with Gasteiger partial charge in [-0.05, 0) is 42.5 Å². The molecule has 2 N–H and O–H groups in total. The topological polar surface area (TPSA) is 90.9 Å². The zero-order valence-corrected chi connectivity index (χ0v) is 19.1. The predicted octanol–water partition coefficient (Wildman–Crippen LogP) is 3.63. The first kappa shape index (κ1) is 23.2. The third-order valence-electron chi connectivity index (χ3n) is 4.77. The van der Waals surface area contributed by atoms with Crippen molar-refractivity contribution in [1.29, 1.82) is 0 Å². The summed E-state index contributed by atoms with van der Waals surface area (Å²) in [5.41, 5.74) is 0.436. The lowest BCUT2D eigenvalue weighted by Gasteiger charge is -2.19. The van der Waals surface area contributed by atoms with Crippen molar-refractivity contribution in [3.8, 4) is 0 Å². The number of amidine groups is 1. The van der Waals surface area contributed by atoms with E-state index in [2.05, 4.69) is 21.6 Å². The molecule has 0 unspecified atom stereocenters. The number of nitrogens with zero attached hydrogens (tertiary/aromatic N) is 2. The van der Waals surface area contributed by atoms with E-state index < -0.39 is 10.0 Å². The Morgan fingerprint density at radius 2 is 2.10 bits per heavy atom. The van der Waals surface area contributed by atoms with Gasteiger partial charge in [0.1, 0.15) is 5.84 Å². The van der Waals surface area contributed by atoms with Gasteiger partial charge in [-0.1, -0.05) is 24.6 Å². The number of hydrogen-bond donors (Lipinski definition) is 2. The van der Waals surface area contributed by atoms with E-state index >= 15 is 0 Å². The van der Waals surface area contributed by atoms with Crippen molar-refractivity contribution in [2.24, 2.45) is 4.99 Å².